The molecule has 1 N–H and O–H groups in total. The van der Waals surface area contributed by atoms with E-state index in [4.69, 9.17) is 0 Å². The number of carbonyl (C=O) groups is 1. The van der Waals surface area contributed by atoms with Crippen LogP contribution in [0.25, 0.3) is 0 Å². The number of nitrogens with one attached hydrogen (secondary N) is 1. The number of anilines is 1. The number of amides is 1. The number of carbonyl (C=O) groups excluding carboxylic acids is 1. The summed E-state index contributed by atoms with van der Waals surface area (Å²) in [6.45, 7) is 5.15. The lowest BCUT2D eigenvalue weighted by atomic mass is 10.0. The number of hydrogen-bond acceptors (Lipinski definition) is 5. The topological polar surface area (TPSA) is 110 Å². The number of sulfonamides is 1. The van der Waals surface area contributed by atoms with Crippen molar-refractivity contribution in [3.8, 4) is 0 Å². The first kappa shape index (κ1) is 21.4. The molecule has 0 atom stereocenters. The minimum atomic E-state index is -4.04. The highest BCUT2D eigenvalue weighted by Crippen LogP contribution is 2.25. The van der Waals surface area contributed by atoms with Gasteiger partial charge >= 0.3 is 0 Å². The highest BCUT2D eigenvalue weighted by atomic mass is 32.2. The van der Waals surface area contributed by atoms with Gasteiger partial charge in [-0.3, -0.25) is 19.2 Å². The van der Waals surface area contributed by atoms with Crippen LogP contribution in [-0.4, -0.2) is 31.3 Å². The van der Waals surface area contributed by atoms with Gasteiger partial charge in [0.25, 0.3) is 15.7 Å². The number of non-ortho nitro benzene ring substituents is 1. The van der Waals surface area contributed by atoms with Crippen LogP contribution in [0.3, 0.4) is 0 Å². The molecule has 0 bridgehead atoms. The van der Waals surface area contributed by atoms with Crippen LogP contribution < -0.4 is 9.62 Å². The van der Waals surface area contributed by atoms with Gasteiger partial charge in [0.1, 0.15) is 6.54 Å². The Hall–Kier alpha value is -2.94. The maximum absolute atomic E-state index is 13.1. The average Bonchev–Trinajstić information content (AvgIpc) is 2.66. The zero-order valence-electron chi connectivity index (χ0n) is 16.0. The van der Waals surface area contributed by atoms with Crippen molar-refractivity contribution in [3.63, 3.8) is 0 Å². The summed E-state index contributed by atoms with van der Waals surface area (Å²) in [6.07, 6.45) is 0.668. The summed E-state index contributed by atoms with van der Waals surface area (Å²) in [5.41, 5.74) is -0.495. The van der Waals surface area contributed by atoms with Crippen LogP contribution in [0.1, 0.15) is 27.2 Å². The number of nitrogens with zero attached hydrogens (tertiary/aromatic N) is 2. The SMILES string of the molecule is CCC(C)(C)NC(=O)CN(c1ccc([N+](=O)[O-])cc1)S(=O)(=O)c1ccccc1. The van der Waals surface area contributed by atoms with Gasteiger partial charge in [-0.25, -0.2) is 8.42 Å². The molecule has 0 aliphatic rings. The van der Waals surface area contributed by atoms with Gasteiger partial charge in [0.05, 0.1) is 15.5 Å². The van der Waals surface area contributed by atoms with Crippen LogP contribution in [-0.2, 0) is 14.8 Å². The summed E-state index contributed by atoms with van der Waals surface area (Å²) in [6, 6.07) is 12.8. The third-order valence-corrected chi connectivity index (χ3v) is 6.12. The molecule has 2 aromatic carbocycles. The first-order valence-electron chi connectivity index (χ1n) is 8.70. The molecular weight excluding hydrogens is 382 g/mol. The third-order valence-electron chi connectivity index (χ3n) is 4.33. The Morgan fingerprint density at radius 2 is 1.68 bits per heavy atom. The maximum Gasteiger partial charge on any atom is 0.269 e. The van der Waals surface area contributed by atoms with E-state index in [2.05, 4.69) is 5.32 Å². The van der Waals surface area contributed by atoms with Gasteiger partial charge in [0.2, 0.25) is 5.91 Å². The van der Waals surface area contributed by atoms with E-state index in [1.165, 1.54) is 36.4 Å². The minimum absolute atomic E-state index is 0.0240. The van der Waals surface area contributed by atoms with Gasteiger partial charge < -0.3 is 5.32 Å². The van der Waals surface area contributed by atoms with Crippen molar-refractivity contribution in [1.82, 2.24) is 5.32 Å². The lowest BCUT2D eigenvalue weighted by molar-refractivity contribution is -0.384. The lowest BCUT2D eigenvalue weighted by Crippen LogP contribution is -2.48. The molecular formula is C19H23N3O5S. The quantitative estimate of drug-likeness (QED) is 0.536. The van der Waals surface area contributed by atoms with E-state index >= 15 is 0 Å². The fourth-order valence-corrected chi connectivity index (χ4v) is 3.85. The van der Waals surface area contributed by atoms with Gasteiger partial charge in [-0.2, -0.15) is 0 Å². The van der Waals surface area contributed by atoms with Crippen molar-refractivity contribution in [2.75, 3.05) is 10.8 Å². The van der Waals surface area contributed by atoms with Gasteiger partial charge in [-0.05, 0) is 44.5 Å². The second kappa shape index (κ2) is 8.39. The molecule has 0 radical (unpaired) electrons. The van der Waals surface area contributed by atoms with Crippen molar-refractivity contribution in [1.29, 1.82) is 0 Å². The highest BCUT2D eigenvalue weighted by Gasteiger charge is 2.29. The second-order valence-electron chi connectivity index (χ2n) is 6.88. The van der Waals surface area contributed by atoms with Crippen molar-refractivity contribution in [2.45, 2.75) is 37.6 Å². The zero-order chi connectivity index (χ0) is 20.9. The summed E-state index contributed by atoms with van der Waals surface area (Å²) >= 11 is 0. The lowest BCUT2D eigenvalue weighted by Gasteiger charge is -2.28. The molecule has 0 aliphatic carbocycles. The Morgan fingerprint density at radius 1 is 1.11 bits per heavy atom. The van der Waals surface area contributed by atoms with Crippen LogP contribution >= 0.6 is 0 Å². The standard InChI is InChI=1S/C19H23N3O5S/c1-4-19(2,3)20-18(23)14-21(15-10-12-16(13-11-15)22(24)25)28(26,27)17-8-6-5-7-9-17/h5-13H,4,14H2,1-3H3,(H,20,23). The Bertz CT molecular complexity index is 941. The molecule has 2 rings (SSSR count). The Labute approximate surface area is 164 Å². The van der Waals surface area contributed by atoms with Crippen LogP contribution in [0.15, 0.2) is 59.5 Å². The van der Waals surface area contributed by atoms with E-state index in [1.54, 1.807) is 18.2 Å². The number of benzene rings is 2. The summed E-state index contributed by atoms with van der Waals surface area (Å²) in [4.78, 5) is 22.9. The van der Waals surface area contributed by atoms with Gasteiger partial charge in [0.15, 0.2) is 0 Å². The van der Waals surface area contributed by atoms with Crippen molar-refractivity contribution < 1.29 is 18.1 Å². The van der Waals surface area contributed by atoms with Gasteiger partial charge in [-0.15, -0.1) is 0 Å². The average molecular weight is 405 g/mol. The smallest absolute Gasteiger partial charge is 0.269 e. The minimum Gasteiger partial charge on any atom is -0.350 e. The molecule has 0 fully saturated rings. The molecule has 8 nitrogen and oxygen atoms in total. The number of nitro groups is 1. The first-order chi connectivity index (χ1) is 13.1. The van der Waals surface area contributed by atoms with Gasteiger partial charge in [-0.1, -0.05) is 25.1 Å². The second-order valence-corrected chi connectivity index (χ2v) is 8.75. The van der Waals surface area contributed by atoms with Gasteiger partial charge in [0, 0.05) is 17.7 Å². The normalized spacial score (nSPS) is 11.7. The monoisotopic (exact) mass is 405 g/mol. The first-order valence-corrected chi connectivity index (χ1v) is 10.1. The largest absolute Gasteiger partial charge is 0.350 e. The molecule has 2 aromatic rings. The Morgan fingerprint density at radius 3 is 2.18 bits per heavy atom. The van der Waals surface area contributed by atoms with Crippen LogP contribution in [0.5, 0.6) is 0 Å². The van der Waals surface area contributed by atoms with Crippen molar-refractivity contribution >= 4 is 27.3 Å². The summed E-state index contributed by atoms with van der Waals surface area (Å²) in [5.74, 6) is -0.468. The molecule has 150 valence electrons. The predicted molar refractivity (Wildman–Crippen MR) is 107 cm³/mol. The molecule has 9 heteroatoms. The Balaban J connectivity index is 2.43. The van der Waals surface area contributed by atoms with Crippen molar-refractivity contribution in [2.24, 2.45) is 0 Å². The Kier molecular flexibility index (Phi) is 6.40. The summed E-state index contributed by atoms with van der Waals surface area (Å²) < 4.78 is 27.2. The zero-order valence-corrected chi connectivity index (χ0v) is 16.8. The molecule has 28 heavy (non-hydrogen) atoms. The fourth-order valence-electron chi connectivity index (χ4n) is 2.41. The van der Waals surface area contributed by atoms with E-state index in [0.29, 0.717) is 6.42 Å². The summed E-state index contributed by atoms with van der Waals surface area (Å²) in [5, 5.41) is 13.7. The summed E-state index contributed by atoms with van der Waals surface area (Å²) in [7, 11) is -4.04. The number of hydrogen-bond donors (Lipinski definition) is 1. The predicted octanol–water partition coefficient (Wildman–Crippen LogP) is 3.09. The number of rotatable bonds is 8. The molecule has 0 aliphatic heterocycles. The molecule has 0 saturated heterocycles. The van der Waals surface area contributed by atoms with E-state index in [9.17, 15) is 23.3 Å². The molecule has 0 unspecified atom stereocenters. The van der Waals surface area contributed by atoms with Crippen LogP contribution in [0.4, 0.5) is 11.4 Å². The van der Waals surface area contributed by atoms with E-state index in [1.807, 2.05) is 20.8 Å². The van der Waals surface area contributed by atoms with E-state index in [0.717, 1.165) is 4.31 Å². The fraction of sp³-hybridized carbons (Fsp3) is 0.316. The van der Waals surface area contributed by atoms with Crippen LogP contribution in [0, 0.1) is 10.1 Å². The van der Waals surface area contributed by atoms with E-state index in [-0.39, 0.29) is 16.3 Å². The van der Waals surface area contributed by atoms with E-state index < -0.39 is 32.9 Å². The molecule has 0 spiro atoms. The number of nitro benzene ring substituents is 1. The third kappa shape index (κ3) is 5.07. The maximum atomic E-state index is 13.1. The van der Waals surface area contributed by atoms with Crippen LogP contribution in [0.2, 0.25) is 0 Å². The molecule has 0 aromatic heterocycles. The van der Waals surface area contributed by atoms with Crippen molar-refractivity contribution in [3.05, 3.63) is 64.7 Å². The molecule has 0 heterocycles. The molecule has 1 amide bonds. The molecule has 0 saturated carbocycles. The highest BCUT2D eigenvalue weighted by molar-refractivity contribution is 7.92.